The molecule has 2 heterocycles. The summed E-state index contributed by atoms with van der Waals surface area (Å²) in [4.78, 5) is 15.5. The molecule has 0 saturated heterocycles. The first-order valence-corrected chi connectivity index (χ1v) is 8.69. The molecule has 3 N–H and O–H groups in total. The molecule has 0 radical (unpaired) electrons. The minimum absolute atomic E-state index is 0.0850. The van der Waals surface area contributed by atoms with Crippen LogP contribution in [0, 0.1) is 0 Å². The quantitative estimate of drug-likeness (QED) is 0.639. The maximum atomic E-state index is 12.5. The molecule has 7 heteroatoms. The maximum Gasteiger partial charge on any atom is 0.340 e. The summed E-state index contributed by atoms with van der Waals surface area (Å²) in [7, 11) is 1.89. The third-order valence-electron chi connectivity index (χ3n) is 4.05. The van der Waals surface area contributed by atoms with Crippen molar-refractivity contribution in [2.24, 2.45) is 7.05 Å². The van der Waals surface area contributed by atoms with Crippen LogP contribution in [0.5, 0.6) is 5.75 Å². The molecule has 0 spiro atoms. The highest BCUT2D eigenvalue weighted by molar-refractivity contribution is 9.10. The van der Waals surface area contributed by atoms with Gasteiger partial charge in [-0.25, -0.2) is 9.78 Å². The minimum Gasteiger partial charge on any atom is -0.507 e. The molecule has 0 aliphatic rings. The van der Waals surface area contributed by atoms with Gasteiger partial charge in [0.25, 0.3) is 0 Å². The van der Waals surface area contributed by atoms with Gasteiger partial charge in [0.1, 0.15) is 5.75 Å². The van der Waals surface area contributed by atoms with E-state index in [0.717, 1.165) is 16.9 Å². The summed E-state index contributed by atoms with van der Waals surface area (Å²) in [5.41, 5.74) is 3.03. The summed E-state index contributed by atoms with van der Waals surface area (Å²) >= 11 is 3.33. The van der Waals surface area contributed by atoms with E-state index >= 15 is 0 Å². The third kappa shape index (κ3) is 3.32. The van der Waals surface area contributed by atoms with Crippen LogP contribution in [-0.4, -0.2) is 22.2 Å². The second-order valence-electron chi connectivity index (χ2n) is 5.56. The van der Waals surface area contributed by atoms with Crippen LogP contribution in [0.15, 0.2) is 41.1 Å². The first kappa shape index (κ1) is 17.3. The summed E-state index contributed by atoms with van der Waals surface area (Å²) in [6.45, 7) is 2.51. The van der Waals surface area contributed by atoms with Crippen molar-refractivity contribution >= 4 is 38.5 Å². The molecule has 0 atom stereocenters. The molecule has 0 fully saturated rings. The van der Waals surface area contributed by atoms with E-state index in [1.165, 1.54) is 0 Å². The molecule has 0 saturated carbocycles. The lowest BCUT2D eigenvalue weighted by molar-refractivity contribution is -0.377. The van der Waals surface area contributed by atoms with E-state index < -0.39 is 5.97 Å². The average Bonchev–Trinajstić information content (AvgIpc) is 2.86. The Morgan fingerprint density at radius 3 is 2.76 bits per heavy atom. The maximum absolute atomic E-state index is 12.5. The van der Waals surface area contributed by atoms with E-state index in [-0.39, 0.29) is 5.75 Å². The highest BCUT2D eigenvalue weighted by Crippen LogP contribution is 2.34. The number of anilines is 1. The SMILES string of the molecule is CCOC(=O)c1c(CNc2cc[nH+]cc2)n(C)c2cc(Br)c(O)cc12. The number of halogens is 1. The highest BCUT2D eigenvalue weighted by atomic mass is 79.9. The fourth-order valence-electron chi connectivity index (χ4n) is 2.83. The third-order valence-corrected chi connectivity index (χ3v) is 4.68. The number of phenolic OH excluding ortho intramolecular Hbond substituents is 1. The monoisotopic (exact) mass is 404 g/mol. The number of benzene rings is 1. The molecule has 0 bridgehead atoms. The van der Waals surface area contributed by atoms with Crippen molar-refractivity contribution in [1.29, 1.82) is 0 Å². The second kappa shape index (κ2) is 7.14. The van der Waals surface area contributed by atoms with Crippen LogP contribution in [0.2, 0.25) is 0 Å². The molecule has 25 heavy (non-hydrogen) atoms. The van der Waals surface area contributed by atoms with Crippen molar-refractivity contribution in [3.63, 3.8) is 0 Å². The number of aromatic nitrogens is 2. The number of pyridine rings is 1. The molecule has 0 aliphatic heterocycles. The first-order valence-electron chi connectivity index (χ1n) is 7.89. The molecule has 0 aliphatic carbocycles. The molecule has 130 valence electrons. The van der Waals surface area contributed by atoms with Gasteiger partial charge in [-0.3, -0.25) is 0 Å². The zero-order valence-electron chi connectivity index (χ0n) is 14.0. The van der Waals surface area contributed by atoms with Gasteiger partial charge in [-0.15, -0.1) is 0 Å². The molecule has 3 aromatic rings. The van der Waals surface area contributed by atoms with Crippen molar-refractivity contribution in [2.45, 2.75) is 13.5 Å². The van der Waals surface area contributed by atoms with Crippen molar-refractivity contribution in [3.05, 3.63) is 52.4 Å². The summed E-state index contributed by atoms with van der Waals surface area (Å²) < 4.78 is 7.75. The number of ether oxygens (including phenoxy) is 1. The molecule has 1 aromatic carbocycles. The smallest absolute Gasteiger partial charge is 0.340 e. The lowest BCUT2D eigenvalue weighted by atomic mass is 10.1. The fraction of sp³-hybridized carbons (Fsp3) is 0.222. The Labute approximate surface area is 153 Å². The average molecular weight is 405 g/mol. The van der Waals surface area contributed by atoms with Crippen LogP contribution in [0.25, 0.3) is 10.9 Å². The molecule has 6 nitrogen and oxygen atoms in total. The predicted molar refractivity (Wildman–Crippen MR) is 98.6 cm³/mol. The van der Waals surface area contributed by atoms with Crippen molar-refractivity contribution < 1.29 is 19.6 Å². The Bertz CT molecular complexity index is 922. The molecule has 0 unspecified atom stereocenters. The number of carbonyl (C=O) groups excluding carboxylic acids is 1. The number of phenols is 1. The lowest BCUT2D eigenvalue weighted by Gasteiger charge is -2.09. The standard InChI is InChI=1S/C18H18BrN3O3/c1-3-25-18(24)17-12-8-16(23)13(19)9-14(12)22(2)15(17)10-21-11-4-6-20-7-5-11/h4-9,23H,3,10H2,1-2H3,(H,20,21)/p+1. The van der Waals surface area contributed by atoms with Crippen molar-refractivity contribution in [1.82, 2.24) is 4.57 Å². The molecular weight excluding hydrogens is 386 g/mol. The number of carbonyl (C=O) groups is 1. The van der Waals surface area contributed by atoms with Gasteiger partial charge >= 0.3 is 5.97 Å². The summed E-state index contributed by atoms with van der Waals surface area (Å²) in [6.07, 6.45) is 3.65. The number of aromatic amines is 1. The molecule has 0 amide bonds. The normalized spacial score (nSPS) is 10.8. The van der Waals surface area contributed by atoms with Crippen LogP contribution in [-0.2, 0) is 18.3 Å². The molecule has 2 aromatic heterocycles. The minimum atomic E-state index is -0.395. The van der Waals surface area contributed by atoms with Gasteiger partial charge < -0.3 is 19.7 Å². The Balaban J connectivity index is 2.10. The highest BCUT2D eigenvalue weighted by Gasteiger charge is 2.23. The van der Waals surface area contributed by atoms with Gasteiger partial charge in [0.2, 0.25) is 0 Å². The lowest BCUT2D eigenvalue weighted by Crippen LogP contribution is -2.12. The van der Waals surface area contributed by atoms with Crippen LogP contribution in [0.1, 0.15) is 23.0 Å². The van der Waals surface area contributed by atoms with Gasteiger partial charge in [0.15, 0.2) is 12.4 Å². The van der Waals surface area contributed by atoms with Crippen LogP contribution >= 0.6 is 15.9 Å². The Morgan fingerprint density at radius 2 is 2.08 bits per heavy atom. The zero-order chi connectivity index (χ0) is 18.0. The van der Waals surface area contributed by atoms with E-state index in [9.17, 15) is 9.90 Å². The fourth-order valence-corrected chi connectivity index (χ4v) is 3.16. The first-order chi connectivity index (χ1) is 12.0. The number of H-pyrrole nitrogens is 1. The van der Waals surface area contributed by atoms with E-state index in [4.69, 9.17) is 4.74 Å². The zero-order valence-corrected chi connectivity index (χ0v) is 15.6. The number of fused-ring (bicyclic) bond motifs is 1. The van der Waals surface area contributed by atoms with E-state index in [1.807, 2.05) is 36.1 Å². The number of esters is 1. The number of hydrogen-bond donors (Lipinski definition) is 2. The number of aryl methyl sites for hydroxylation is 1. The van der Waals surface area contributed by atoms with Gasteiger partial charge in [0, 0.05) is 30.3 Å². The molecule has 3 rings (SSSR count). The van der Waals surface area contributed by atoms with E-state index in [2.05, 4.69) is 26.2 Å². The number of aromatic hydroxyl groups is 1. The van der Waals surface area contributed by atoms with Crippen LogP contribution < -0.4 is 10.3 Å². The number of nitrogens with zero attached hydrogens (tertiary/aromatic N) is 1. The van der Waals surface area contributed by atoms with Crippen LogP contribution in [0.4, 0.5) is 5.69 Å². The summed E-state index contributed by atoms with van der Waals surface area (Å²) in [6, 6.07) is 7.21. The number of hydrogen-bond acceptors (Lipinski definition) is 4. The van der Waals surface area contributed by atoms with Gasteiger partial charge in [-0.1, -0.05) is 0 Å². The van der Waals surface area contributed by atoms with Gasteiger partial charge in [0.05, 0.1) is 34.4 Å². The largest absolute Gasteiger partial charge is 0.507 e. The van der Waals surface area contributed by atoms with E-state index in [0.29, 0.717) is 28.6 Å². The molecular formula is C18H19BrN3O3+. The summed E-state index contributed by atoms with van der Waals surface area (Å²) in [5.74, 6) is -0.310. The Kier molecular flexibility index (Phi) is 4.94. The van der Waals surface area contributed by atoms with Crippen LogP contribution in [0.3, 0.4) is 0 Å². The van der Waals surface area contributed by atoms with Crippen molar-refractivity contribution in [2.75, 3.05) is 11.9 Å². The predicted octanol–water partition coefficient (Wildman–Crippen LogP) is 3.25. The number of rotatable bonds is 5. The topological polar surface area (TPSA) is 77.6 Å². The summed E-state index contributed by atoms with van der Waals surface area (Å²) in [5, 5.41) is 14.0. The van der Waals surface area contributed by atoms with E-state index in [1.54, 1.807) is 19.1 Å². The Morgan fingerprint density at radius 1 is 1.36 bits per heavy atom. The van der Waals surface area contributed by atoms with Gasteiger partial charge in [-0.2, -0.15) is 0 Å². The number of nitrogens with one attached hydrogen (secondary N) is 2. The van der Waals surface area contributed by atoms with Gasteiger partial charge in [-0.05, 0) is 35.0 Å². The Hall–Kier alpha value is -2.54. The van der Waals surface area contributed by atoms with Crippen molar-refractivity contribution in [3.8, 4) is 5.75 Å². The second-order valence-corrected chi connectivity index (χ2v) is 6.42.